The normalized spacial score (nSPS) is 27.4. The highest BCUT2D eigenvalue weighted by molar-refractivity contribution is 7.10. The molecule has 0 aliphatic heterocycles. The fraction of sp³-hybridized carbons (Fsp3) is 0.733. The van der Waals surface area contributed by atoms with Crippen LogP contribution < -0.4 is 5.73 Å². The van der Waals surface area contributed by atoms with Crippen molar-refractivity contribution in [3.63, 3.8) is 0 Å². The van der Waals surface area contributed by atoms with Gasteiger partial charge < -0.3 is 5.73 Å². The number of rotatable bonds is 3. The minimum atomic E-state index is 0.273. The molecule has 2 N–H and O–H groups in total. The lowest BCUT2D eigenvalue weighted by atomic mass is 9.73. The Morgan fingerprint density at radius 3 is 2.24 bits per heavy atom. The highest BCUT2D eigenvalue weighted by Gasteiger charge is 2.28. The smallest absolute Gasteiger partial charge is 0.0334 e. The van der Waals surface area contributed by atoms with Gasteiger partial charge in [-0.2, -0.15) is 0 Å². The molecule has 1 saturated carbocycles. The molecule has 1 atom stereocenters. The fourth-order valence-corrected chi connectivity index (χ4v) is 3.92. The summed E-state index contributed by atoms with van der Waals surface area (Å²) in [7, 11) is 0. The summed E-state index contributed by atoms with van der Waals surface area (Å²) in [5.74, 6) is 2.48. The van der Waals surface area contributed by atoms with E-state index in [1.165, 1.54) is 36.1 Å². The van der Waals surface area contributed by atoms with Crippen molar-refractivity contribution in [2.45, 2.75) is 52.5 Å². The molecule has 2 rings (SSSR count). The lowest BCUT2D eigenvalue weighted by Crippen LogP contribution is -2.27. The average Bonchev–Trinajstić information content (AvgIpc) is 2.74. The van der Waals surface area contributed by atoms with Gasteiger partial charge in [0.05, 0.1) is 0 Å². The van der Waals surface area contributed by atoms with Crippen LogP contribution in [0.25, 0.3) is 0 Å². The van der Waals surface area contributed by atoms with Crippen molar-refractivity contribution in [2.24, 2.45) is 23.5 Å². The highest BCUT2D eigenvalue weighted by atomic mass is 32.1. The second-order valence-electron chi connectivity index (χ2n) is 5.88. The van der Waals surface area contributed by atoms with Gasteiger partial charge >= 0.3 is 0 Å². The number of nitrogens with two attached hydrogens (primary N) is 1. The van der Waals surface area contributed by atoms with E-state index in [9.17, 15) is 0 Å². The summed E-state index contributed by atoms with van der Waals surface area (Å²) in [6, 6.07) is 2.49. The first-order valence-corrected chi connectivity index (χ1v) is 7.77. The maximum atomic E-state index is 6.44. The molecule has 17 heavy (non-hydrogen) atoms. The van der Waals surface area contributed by atoms with Crippen molar-refractivity contribution in [2.75, 3.05) is 0 Å². The first kappa shape index (κ1) is 13.1. The van der Waals surface area contributed by atoms with Gasteiger partial charge in [0, 0.05) is 10.9 Å². The molecule has 0 amide bonds. The van der Waals surface area contributed by atoms with E-state index in [1.54, 1.807) is 0 Å². The molecular formula is C15H25NS. The third kappa shape index (κ3) is 2.92. The van der Waals surface area contributed by atoms with Crippen molar-refractivity contribution in [1.29, 1.82) is 0 Å². The van der Waals surface area contributed by atoms with E-state index in [2.05, 4.69) is 32.2 Å². The first-order valence-electron chi connectivity index (χ1n) is 6.89. The Morgan fingerprint density at radius 2 is 1.76 bits per heavy atom. The lowest BCUT2D eigenvalue weighted by molar-refractivity contribution is 0.203. The maximum Gasteiger partial charge on any atom is 0.0334 e. The van der Waals surface area contributed by atoms with Crippen molar-refractivity contribution in [3.05, 3.63) is 21.9 Å². The number of aryl methyl sites for hydroxylation is 1. The molecule has 0 aromatic carbocycles. The summed E-state index contributed by atoms with van der Waals surface area (Å²) >= 11 is 1.82. The van der Waals surface area contributed by atoms with Gasteiger partial charge in [0.25, 0.3) is 0 Å². The molecule has 1 aromatic rings. The van der Waals surface area contributed by atoms with Crippen LogP contribution in [0.3, 0.4) is 0 Å². The topological polar surface area (TPSA) is 26.0 Å². The zero-order valence-electron chi connectivity index (χ0n) is 11.3. The zero-order chi connectivity index (χ0) is 12.4. The van der Waals surface area contributed by atoms with E-state index < -0.39 is 0 Å². The minimum Gasteiger partial charge on any atom is -0.324 e. The number of hydrogen-bond acceptors (Lipinski definition) is 2. The van der Waals surface area contributed by atoms with Crippen LogP contribution in [0.4, 0.5) is 0 Å². The Balaban J connectivity index is 1.95. The van der Waals surface area contributed by atoms with Gasteiger partial charge in [-0.25, -0.2) is 0 Å². The van der Waals surface area contributed by atoms with Crippen LogP contribution in [-0.2, 0) is 0 Å². The number of hydrogen-bond donors (Lipinski definition) is 1. The Hall–Kier alpha value is -0.340. The van der Waals surface area contributed by atoms with Gasteiger partial charge in [0.2, 0.25) is 0 Å². The summed E-state index contributed by atoms with van der Waals surface area (Å²) in [5, 5.41) is 2.17. The zero-order valence-corrected chi connectivity index (χ0v) is 12.1. The maximum absolute atomic E-state index is 6.44. The fourth-order valence-electron chi connectivity index (χ4n) is 3.17. The van der Waals surface area contributed by atoms with Gasteiger partial charge in [-0.3, -0.25) is 0 Å². The summed E-state index contributed by atoms with van der Waals surface area (Å²) < 4.78 is 0. The van der Waals surface area contributed by atoms with Crippen molar-refractivity contribution < 1.29 is 0 Å². The van der Waals surface area contributed by atoms with Crippen LogP contribution in [0.15, 0.2) is 11.4 Å². The summed E-state index contributed by atoms with van der Waals surface area (Å²) in [4.78, 5) is 1.41. The van der Waals surface area contributed by atoms with Gasteiger partial charge in [-0.1, -0.05) is 13.8 Å². The van der Waals surface area contributed by atoms with Crippen molar-refractivity contribution in [1.82, 2.24) is 0 Å². The van der Waals surface area contributed by atoms with Crippen molar-refractivity contribution >= 4 is 11.3 Å². The van der Waals surface area contributed by atoms with Crippen LogP contribution in [0.5, 0.6) is 0 Å². The SMILES string of the molecule is Cc1sccc1C(N)C1CCC(C(C)C)CC1. The minimum absolute atomic E-state index is 0.273. The standard InChI is InChI=1S/C15H25NS/c1-10(2)12-4-6-13(7-5-12)15(16)14-8-9-17-11(14)3/h8-10,12-13,15H,4-7,16H2,1-3H3. The van der Waals surface area contributed by atoms with Crippen LogP contribution in [0.1, 0.15) is 56.0 Å². The predicted octanol–water partition coefficient (Wildman–Crippen LogP) is 4.52. The molecule has 2 heteroatoms. The number of thiophene rings is 1. The molecule has 1 aliphatic carbocycles. The molecule has 1 fully saturated rings. The summed E-state index contributed by atoms with van der Waals surface area (Å²) in [6.45, 7) is 6.90. The van der Waals surface area contributed by atoms with Crippen LogP contribution in [0, 0.1) is 24.7 Å². The molecule has 1 nitrogen and oxygen atoms in total. The van der Waals surface area contributed by atoms with Crippen molar-refractivity contribution in [3.8, 4) is 0 Å². The summed E-state index contributed by atoms with van der Waals surface area (Å²) in [6.07, 6.45) is 5.39. The molecule has 0 spiro atoms. The Labute approximate surface area is 109 Å². The largest absolute Gasteiger partial charge is 0.324 e. The Bertz CT molecular complexity index is 348. The molecule has 0 bridgehead atoms. The van der Waals surface area contributed by atoms with E-state index in [0.717, 1.165) is 11.8 Å². The van der Waals surface area contributed by atoms with E-state index in [0.29, 0.717) is 5.92 Å². The average molecular weight is 251 g/mol. The van der Waals surface area contributed by atoms with Crippen LogP contribution >= 0.6 is 11.3 Å². The lowest BCUT2D eigenvalue weighted by Gasteiger charge is -2.34. The third-order valence-corrected chi connectivity index (χ3v) is 5.39. The van der Waals surface area contributed by atoms with Gasteiger partial charge in [-0.15, -0.1) is 11.3 Å². The molecule has 1 heterocycles. The Morgan fingerprint density at radius 1 is 1.18 bits per heavy atom. The van der Waals surface area contributed by atoms with E-state index in [4.69, 9.17) is 5.73 Å². The van der Waals surface area contributed by atoms with E-state index in [-0.39, 0.29) is 6.04 Å². The first-order chi connectivity index (χ1) is 8.09. The molecule has 1 unspecified atom stereocenters. The molecular weight excluding hydrogens is 226 g/mol. The van der Waals surface area contributed by atoms with E-state index in [1.807, 2.05) is 11.3 Å². The predicted molar refractivity (Wildman–Crippen MR) is 76.3 cm³/mol. The molecule has 0 saturated heterocycles. The molecule has 1 aliphatic rings. The summed E-state index contributed by atoms with van der Waals surface area (Å²) in [5.41, 5.74) is 7.83. The van der Waals surface area contributed by atoms with Crippen LogP contribution in [-0.4, -0.2) is 0 Å². The molecule has 1 aromatic heterocycles. The second kappa shape index (κ2) is 5.53. The van der Waals surface area contributed by atoms with Crippen LogP contribution in [0.2, 0.25) is 0 Å². The molecule has 0 radical (unpaired) electrons. The second-order valence-corrected chi connectivity index (χ2v) is 7.00. The quantitative estimate of drug-likeness (QED) is 0.840. The monoisotopic (exact) mass is 251 g/mol. The third-order valence-electron chi connectivity index (χ3n) is 4.53. The molecule has 96 valence electrons. The van der Waals surface area contributed by atoms with Gasteiger partial charge in [-0.05, 0) is 67.4 Å². The Kier molecular flexibility index (Phi) is 4.26. The van der Waals surface area contributed by atoms with Gasteiger partial charge in [0.1, 0.15) is 0 Å². The van der Waals surface area contributed by atoms with Gasteiger partial charge in [0.15, 0.2) is 0 Å². The van der Waals surface area contributed by atoms with E-state index >= 15 is 0 Å². The highest BCUT2D eigenvalue weighted by Crippen LogP contribution is 2.39.